The van der Waals surface area contributed by atoms with E-state index < -0.39 is 0 Å². The molecule has 5 heteroatoms. The summed E-state index contributed by atoms with van der Waals surface area (Å²) in [4.78, 5) is 24.0. The van der Waals surface area contributed by atoms with Crippen LogP contribution in [0.2, 0.25) is 0 Å². The van der Waals surface area contributed by atoms with E-state index >= 15 is 0 Å². The zero-order valence-corrected chi connectivity index (χ0v) is 12.6. The molecule has 116 valence electrons. The van der Waals surface area contributed by atoms with Crippen LogP contribution in [-0.2, 0) is 11.3 Å². The van der Waals surface area contributed by atoms with Crippen LogP contribution in [0.5, 0.6) is 5.75 Å². The SMILES string of the molecule is CC(=O)c1cn(CC(=O)Nc2ccc(O)cc2)c2ccccc12. The molecule has 0 atom stereocenters. The van der Waals surface area contributed by atoms with Crippen LogP contribution in [0.3, 0.4) is 0 Å². The Kier molecular flexibility index (Phi) is 3.85. The maximum atomic E-state index is 12.2. The minimum absolute atomic E-state index is 0.0288. The number of ketones is 1. The molecule has 0 aliphatic rings. The number of Topliss-reactive ketones (excluding diaryl/α,β-unsaturated/α-hetero) is 1. The Morgan fingerprint density at radius 2 is 1.78 bits per heavy atom. The van der Waals surface area contributed by atoms with Crippen molar-refractivity contribution in [2.45, 2.75) is 13.5 Å². The average Bonchev–Trinajstić information content (AvgIpc) is 2.89. The van der Waals surface area contributed by atoms with Crippen LogP contribution in [0.15, 0.2) is 54.7 Å². The Morgan fingerprint density at radius 3 is 2.48 bits per heavy atom. The third kappa shape index (κ3) is 3.08. The van der Waals surface area contributed by atoms with Gasteiger partial charge in [0.15, 0.2) is 5.78 Å². The van der Waals surface area contributed by atoms with Gasteiger partial charge in [0.2, 0.25) is 5.91 Å². The maximum absolute atomic E-state index is 12.2. The lowest BCUT2D eigenvalue weighted by atomic mass is 10.1. The van der Waals surface area contributed by atoms with Crippen LogP contribution in [0.4, 0.5) is 5.69 Å². The van der Waals surface area contributed by atoms with Crippen molar-refractivity contribution < 1.29 is 14.7 Å². The Balaban J connectivity index is 1.85. The molecule has 5 nitrogen and oxygen atoms in total. The van der Waals surface area contributed by atoms with Crippen molar-refractivity contribution in [2.75, 3.05) is 5.32 Å². The second-order valence-electron chi connectivity index (χ2n) is 5.34. The molecule has 0 aliphatic carbocycles. The molecular weight excluding hydrogens is 292 g/mol. The van der Waals surface area contributed by atoms with E-state index in [9.17, 15) is 14.7 Å². The number of fused-ring (bicyclic) bond motifs is 1. The summed E-state index contributed by atoms with van der Waals surface area (Å²) in [7, 11) is 0. The van der Waals surface area contributed by atoms with Crippen molar-refractivity contribution in [1.82, 2.24) is 4.57 Å². The fourth-order valence-electron chi connectivity index (χ4n) is 2.56. The number of phenols is 1. The van der Waals surface area contributed by atoms with E-state index in [1.54, 1.807) is 22.9 Å². The highest BCUT2D eigenvalue weighted by atomic mass is 16.3. The highest BCUT2D eigenvalue weighted by molar-refractivity contribution is 6.07. The fourth-order valence-corrected chi connectivity index (χ4v) is 2.56. The van der Waals surface area contributed by atoms with E-state index in [0.29, 0.717) is 11.3 Å². The Morgan fingerprint density at radius 1 is 1.09 bits per heavy atom. The van der Waals surface area contributed by atoms with E-state index in [1.807, 2.05) is 24.3 Å². The third-order valence-corrected chi connectivity index (χ3v) is 3.63. The largest absolute Gasteiger partial charge is 0.508 e. The van der Waals surface area contributed by atoms with Crippen LogP contribution >= 0.6 is 0 Å². The number of nitrogens with one attached hydrogen (secondary N) is 1. The van der Waals surface area contributed by atoms with Crippen molar-refractivity contribution in [2.24, 2.45) is 0 Å². The first-order chi connectivity index (χ1) is 11.0. The summed E-state index contributed by atoms with van der Waals surface area (Å²) in [6, 6.07) is 13.8. The zero-order valence-electron chi connectivity index (χ0n) is 12.6. The Hall–Kier alpha value is -3.08. The van der Waals surface area contributed by atoms with Gasteiger partial charge in [-0.25, -0.2) is 0 Å². The zero-order chi connectivity index (χ0) is 16.4. The van der Waals surface area contributed by atoms with Crippen molar-refractivity contribution >= 4 is 28.3 Å². The van der Waals surface area contributed by atoms with Gasteiger partial charge in [0.25, 0.3) is 0 Å². The molecule has 23 heavy (non-hydrogen) atoms. The van der Waals surface area contributed by atoms with Crippen molar-refractivity contribution in [1.29, 1.82) is 0 Å². The predicted octanol–water partition coefficient (Wildman–Crippen LogP) is 3.19. The normalized spacial score (nSPS) is 10.7. The lowest BCUT2D eigenvalue weighted by Gasteiger charge is -2.07. The lowest BCUT2D eigenvalue weighted by molar-refractivity contribution is -0.116. The monoisotopic (exact) mass is 308 g/mol. The number of para-hydroxylation sites is 1. The molecule has 0 saturated heterocycles. The molecule has 0 unspecified atom stereocenters. The number of nitrogens with zero attached hydrogens (tertiary/aromatic N) is 1. The fraction of sp³-hybridized carbons (Fsp3) is 0.111. The van der Waals surface area contributed by atoms with E-state index in [0.717, 1.165) is 10.9 Å². The van der Waals surface area contributed by atoms with Gasteiger partial charge in [0.1, 0.15) is 12.3 Å². The van der Waals surface area contributed by atoms with Gasteiger partial charge in [-0.1, -0.05) is 18.2 Å². The molecule has 2 N–H and O–H groups in total. The van der Waals surface area contributed by atoms with Gasteiger partial charge in [-0.2, -0.15) is 0 Å². The van der Waals surface area contributed by atoms with E-state index in [2.05, 4.69) is 5.32 Å². The second-order valence-corrected chi connectivity index (χ2v) is 5.34. The molecule has 0 saturated carbocycles. The van der Waals surface area contributed by atoms with Crippen LogP contribution in [0.25, 0.3) is 10.9 Å². The van der Waals surface area contributed by atoms with Gasteiger partial charge < -0.3 is 15.0 Å². The topological polar surface area (TPSA) is 71.3 Å². The molecule has 1 amide bonds. The summed E-state index contributed by atoms with van der Waals surface area (Å²) in [6.07, 6.45) is 1.71. The van der Waals surface area contributed by atoms with Gasteiger partial charge in [-0.3, -0.25) is 9.59 Å². The maximum Gasteiger partial charge on any atom is 0.244 e. The van der Waals surface area contributed by atoms with Gasteiger partial charge in [-0.05, 0) is 37.3 Å². The smallest absolute Gasteiger partial charge is 0.244 e. The number of carbonyl (C=O) groups is 2. The summed E-state index contributed by atoms with van der Waals surface area (Å²) >= 11 is 0. The summed E-state index contributed by atoms with van der Waals surface area (Å²) in [6.45, 7) is 1.62. The van der Waals surface area contributed by atoms with Gasteiger partial charge >= 0.3 is 0 Å². The van der Waals surface area contributed by atoms with Gasteiger partial charge in [0.05, 0.1) is 0 Å². The molecule has 0 spiro atoms. The molecule has 0 fully saturated rings. The second kappa shape index (κ2) is 5.96. The first kappa shape index (κ1) is 14.8. The van der Waals surface area contributed by atoms with Crippen molar-refractivity contribution in [3.05, 3.63) is 60.3 Å². The lowest BCUT2D eigenvalue weighted by Crippen LogP contribution is -2.18. The summed E-state index contributed by atoms with van der Waals surface area (Å²) in [5.41, 5.74) is 2.06. The highest BCUT2D eigenvalue weighted by Crippen LogP contribution is 2.22. The van der Waals surface area contributed by atoms with Gasteiger partial charge in [0, 0.05) is 28.4 Å². The van der Waals surface area contributed by atoms with E-state index in [1.165, 1.54) is 19.1 Å². The Bertz CT molecular complexity index is 879. The minimum Gasteiger partial charge on any atom is -0.508 e. The van der Waals surface area contributed by atoms with Crippen molar-refractivity contribution in [3.63, 3.8) is 0 Å². The molecule has 1 aromatic heterocycles. The van der Waals surface area contributed by atoms with Crippen LogP contribution in [0, 0.1) is 0 Å². The van der Waals surface area contributed by atoms with E-state index in [4.69, 9.17) is 0 Å². The average molecular weight is 308 g/mol. The number of rotatable bonds is 4. The highest BCUT2D eigenvalue weighted by Gasteiger charge is 2.13. The Labute approximate surface area is 133 Å². The first-order valence-electron chi connectivity index (χ1n) is 7.22. The molecule has 0 bridgehead atoms. The number of anilines is 1. The standard InChI is InChI=1S/C18H16N2O3/c1-12(21)16-10-20(17-5-3-2-4-15(16)17)11-18(23)19-13-6-8-14(22)9-7-13/h2-10,22H,11H2,1H3,(H,19,23). The minimum atomic E-state index is -0.202. The number of benzene rings is 2. The molecule has 0 radical (unpaired) electrons. The van der Waals surface area contributed by atoms with Crippen LogP contribution in [-0.4, -0.2) is 21.4 Å². The number of aromatic hydroxyl groups is 1. The predicted molar refractivity (Wildman–Crippen MR) is 88.7 cm³/mol. The molecule has 1 heterocycles. The first-order valence-corrected chi connectivity index (χ1v) is 7.22. The number of hydrogen-bond donors (Lipinski definition) is 2. The summed E-state index contributed by atoms with van der Waals surface area (Å²) in [5.74, 6) is -0.0871. The molecule has 0 aliphatic heterocycles. The molecule has 3 rings (SSSR count). The van der Waals surface area contributed by atoms with Crippen LogP contribution < -0.4 is 5.32 Å². The molecular formula is C18H16N2O3. The number of amides is 1. The van der Waals surface area contributed by atoms with E-state index in [-0.39, 0.29) is 24.0 Å². The molecule has 3 aromatic rings. The number of hydrogen-bond acceptors (Lipinski definition) is 3. The van der Waals surface area contributed by atoms with Crippen LogP contribution in [0.1, 0.15) is 17.3 Å². The summed E-state index contributed by atoms with van der Waals surface area (Å²) in [5, 5.41) is 12.9. The third-order valence-electron chi connectivity index (χ3n) is 3.63. The molecule has 2 aromatic carbocycles. The number of aromatic nitrogens is 1. The summed E-state index contributed by atoms with van der Waals surface area (Å²) < 4.78 is 1.77. The van der Waals surface area contributed by atoms with Crippen molar-refractivity contribution in [3.8, 4) is 5.75 Å². The quantitative estimate of drug-likeness (QED) is 0.574. The number of phenolic OH excluding ortho intramolecular Hbond substituents is 1. The van der Waals surface area contributed by atoms with Gasteiger partial charge in [-0.15, -0.1) is 0 Å². The number of carbonyl (C=O) groups excluding carboxylic acids is 2.